The molecule has 2 N–H and O–H groups in total. The van der Waals surface area contributed by atoms with Gasteiger partial charge in [-0.05, 0) is 64.5 Å². The number of amides is 1. The maximum Gasteiger partial charge on any atom is 0.457 e. The van der Waals surface area contributed by atoms with E-state index in [2.05, 4.69) is 15.9 Å². The van der Waals surface area contributed by atoms with Gasteiger partial charge in [0.25, 0.3) is 5.91 Å². The van der Waals surface area contributed by atoms with Crippen LogP contribution in [0.4, 0.5) is 72.8 Å². The van der Waals surface area contributed by atoms with Crippen molar-refractivity contribution in [1.29, 1.82) is 0 Å². The van der Waals surface area contributed by atoms with E-state index in [1.807, 2.05) is 0 Å². The van der Waals surface area contributed by atoms with E-state index in [1.165, 1.54) is 0 Å². The van der Waals surface area contributed by atoms with Gasteiger partial charge in [-0.15, -0.1) is 0 Å². The molecule has 0 saturated carbocycles. The maximum absolute atomic E-state index is 15.3. The summed E-state index contributed by atoms with van der Waals surface area (Å²) >= 11 is 7.12. The summed E-state index contributed by atoms with van der Waals surface area (Å²) in [5.41, 5.74) is -15.6. The fourth-order valence-electron chi connectivity index (χ4n) is 3.74. The summed E-state index contributed by atoms with van der Waals surface area (Å²) in [6, 6.07) is 4.55. The molecule has 0 aliphatic heterocycles. The van der Waals surface area contributed by atoms with Crippen molar-refractivity contribution in [2.45, 2.75) is 30.1 Å². The number of thiocarbonyl (C=S) groups is 1. The van der Waals surface area contributed by atoms with Crippen LogP contribution < -0.4 is 10.4 Å². The van der Waals surface area contributed by atoms with E-state index in [4.69, 9.17) is 12.2 Å². The summed E-state index contributed by atoms with van der Waals surface area (Å²) in [4.78, 5) is 11.4. The van der Waals surface area contributed by atoms with Crippen LogP contribution in [-0.2, 0) is 11.8 Å². The Morgan fingerprint density at radius 1 is 0.822 bits per heavy atom. The van der Waals surface area contributed by atoms with Crippen LogP contribution in [0.2, 0.25) is 0 Å². The van der Waals surface area contributed by atoms with Crippen molar-refractivity contribution >= 4 is 50.4 Å². The van der Waals surface area contributed by atoms with Crippen LogP contribution in [0, 0.1) is 11.6 Å². The number of benzene rings is 3. The summed E-state index contributed by atoms with van der Waals surface area (Å²) in [5, 5.41) is 11.7. The van der Waals surface area contributed by atoms with E-state index >= 15 is 4.39 Å². The van der Waals surface area contributed by atoms with Gasteiger partial charge < -0.3 is 5.32 Å². The molecule has 0 saturated heterocycles. The lowest BCUT2D eigenvalue weighted by Gasteiger charge is -2.36. The Balaban J connectivity index is 2.12. The van der Waals surface area contributed by atoms with Gasteiger partial charge in [0.2, 0.25) is 0 Å². The van der Waals surface area contributed by atoms with Crippen LogP contribution in [0.25, 0.3) is 0 Å². The Morgan fingerprint density at radius 3 is 1.87 bits per heavy atom. The van der Waals surface area contributed by atoms with Gasteiger partial charge in [0.15, 0.2) is 5.82 Å². The fraction of sp³-hybridized carbons (Fsp3) is 0.200. The van der Waals surface area contributed by atoms with Gasteiger partial charge in [-0.25, -0.2) is 13.2 Å². The highest BCUT2D eigenvalue weighted by Gasteiger charge is 2.82. The molecule has 45 heavy (non-hydrogen) atoms. The average Bonchev–Trinajstić information content (AvgIpc) is 2.91. The number of nitrogens with zero attached hydrogens (tertiary/aromatic N) is 1. The van der Waals surface area contributed by atoms with Crippen molar-refractivity contribution in [3.8, 4) is 0 Å². The summed E-state index contributed by atoms with van der Waals surface area (Å²) in [7, 11) is 0. The molecule has 3 aromatic carbocycles. The predicted octanol–water partition coefficient (Wildman–Crippen LogP) is 9.49. The molecule has 1 unspecified atom stereocenters. The summed E-state index contributed by atoms with van der Waals surface area (Å²) in [5.74, 6) is -11.0. The molecule has 0 bridgehead atoms. The maximum atomic E-state index is 15.3. The van der Waals surface area contributed by atoms with Crippen molar-refractivity contribution < 1.29 is 71.5 Å². The van der Waals surface area contributed by atoms with E-state index < -0.39 is 97.3 Å². The van der Waals surface area contributed by atoms with Gasteiger partial charge in [0, 0.05) is 21.2 Å². The lowest BCUT2D eigenvalue weighted by atomic mass is 9.86. The van der Waals surface area contributed by atoms with Crippen LogP contribution in [0.5, 0.6) is 0 Å². The zero-order chi connectivity index (χ0) is 34.5. The normalized spacial score (nSPS) is 14.1. The van der Waals surface area contributed by atoms with Crippen LogP contribution in [0.3, 0.4) is 0 Å². The van der Waals surface area contributed by atoms with E-state index in [0.29, 0.717) is 0 Å². The van der Waals surface area contributed by atoms with Gasteiger partial charge in [-0.2, -0.15) is 53.4 Å². The van der Waals surface area contributed by atoms with Gasteiger partial charge in [-0.3, -0.25) is 10.0 Å². The number of hydroxylamine groups is 1. The highest BCUT2D eigenvalue weighted by atomic mass is 79.9. The number of carbonyl (C=O) groups excluding carboxylic acids is 1. The second-order valence-electron chi connectivity index (χ2n) is 8.82. The van der Waals surface area contributed by atoms with E-state index in [0.717, 1.165) is 42.5 Å². The van der Waals surface area contributed by atoms with Crippen LogP contribution >= 0.6 is 28.1 Å². The third kappa shape index (κ3) is 6.57. The first-order chi connectivity index (χ1) is 20.4. The van der Waals surface area contributed by atoms with Gasteiger partial charge in [0.1, 0.15) is 16.5 Å². The third-order valence-corrected chi connectivity index (χ3v) is 6.89. The largest absolute Gasteiger partial charge is 0.457 e. The van der Waals surface area contributed by atoms with E-state index in [1.54, 1.807) is 5.32 Å². The molecule has 0 fully saturated rings. The van der Waals surface area contributed by atoms with Crippen molar-refractivity contribution in [3.05, 3.63) is 93.0 Å². The number of anilines is 2. The van der Waals surface area contributed by atoms with E-state index in [9.17, 15) is 67.1 Å². The zero-order valence-electron chi connectivity index (χ0n) is 21.1. The minimum absolute atomic E-state index is 0.278. The topological polar surface area (TPSA) is 52.6 Å². The molecule has 3 rings (SSSR count). The number of hydrogen-bond acceptors (Lipinski definition) is 3. The second-order valence-corrected chi connectivity index (χ2v) is 10.1. The second kappa shape index (κ2) is 12.0. The molecule has 244 valence electrons. The number of carbonyl (C=O) groups is 1. The van der Waals surface area contributed by atoms with Gasteiger partial charge in [-0.1, -0.05) is 18.3 Å². The Hall–Kier alpha value is -3.52. The molecular weight excluding hydrogens is 738 g/mol. The van der Waals surface area contributed by atoms with Crippen LogP contribution in [0.15, 0.2) is 59.1 Å². The van der Waals surface area contributed by atoms with Crippen LogP contribution in [0.1, 0.15) is 27.0 Å². The summed E-state index contributed by atoms with van der Waals surface area (Å²) in [6.07, 6.45) is -20.2. The summed E-state index contributed by atoms with van der Waals surface area (Å²) in [6.45, 7) is 0. The minimum Gasteiger partial charge on any atom is -0.345 e. The van der Waals surface area contributed by atoms with Crippen molar-refractivity contribution in [3.63, 3.8) is 0 Å². The first-order valence-electron chi connectivity index (χ1n) is 11.4. The standard InChI is InChI=1S/C25H11BrF14N2O2S/c26-15-9-11(21(29,24(35,36)37)23(33,34)25(38,39)40)8-14(22(30,31)32)18(15)41-19(45)13-2-1-3-16(17(13)28)42(44)20(43)10-4-6-12(27)7-5-10/h1-9,44H,(H,41,45). The predicted molar refractivity (Wildman–Crippen MR) is 136 cm³/mol. The molecule has 0 aromatic heterocycles. The van der Waals surface area contributed by atoms with Gasteiger partial charge in [0.05, 0.1) is 11.3 Å². The molecule has 0 radical (unpaired) electrons. The third-order valence-electron chi connectivity index (χ3n) is 5.95. The molecule has 4 nitrogen and oxygen atoms in total. The molecule has 3 aromatic rings. The van der Waals surface area contributed by atoms with Crippen LogP contribution in [-0.4, -0.2) is 34.4 Å². The number of alkyl halides is 12. The summed E-state index contributed by atoms with van der Waals surface area (Å²) < 4.78 is 190. The monoisotopic (exact) mass is 748 g/mol. The Morgan fingerprint density at radius 2 is 1.38 bits per heavy atom. The molecule has 0 spiro atoms. The van der Waals surface area contributed by atoms with Crippen molar-refractivity contribution in [2.75, 3.05) is 10.4 Å². The van der Waals surface area contributed by atoms with Crippen molar-refractivity contribution in [2.24, 2.45) is 0 Å². The Kier molecular flexibility index (Phi) is 9.60. The molecule has 0 aliphatic carbocycles. The quantitative estimate of drug-likeness (QED) is 0.114. The minimum atomic E-state index is -7.28. The molecule has 0 aliphatic rings. The molecular formula is C25H11BrF14N2O2S. The van der Waals surface area contributed by atoms with Crippen molar-refractivity contribution in [1.82, 2.24) is 0 Å². The smallest absolute Gasteiger partial charge is 0.345 e. The average molecular weight is 749 g/mol. The molecule has 0 heterocycles. The number of halogens is 15. The number of rotatable bonds is 6. The highest BCUT2D eigenvalue weighted by Crippen LogP contribution is 2.59. The Bertz CT molecular complexity index is 1620. The fourth-order valence-corrected chi connectivity index (χ4v) is 4.56. The SMILES string of the molecule is O=C(c1ccc(F)cc1)N(O)c1cccc(C(=S)Nc2c(Br)cc(C(F)(C(F)(F)F)C(F)(F)C(F)(F)F)cc2C(F)(F)F)c1F. The first-order valence-corrected chi connectivity index (χ1v) is 12.6. The van der Waals surface area contributed by atoms with E-state index in [-0.39, 0.29) is 10.6 Å². The molecule has 1 atom stereocenters. The lowest BCUT2D eigenvalue weighted by molar-refractivity contribution is -0.389. The number of nitrogens with one attached hydrogen (secondary N) is 1. The molecule has 20 heteroatoms. The first kappa shape index (κ1) is 36.0. The number of hydrogen-bond donors (Lipinski definition) is 2. The lowest BCUT2D eigenvalue weighted by Crippen LogP contribution is -2.59. The zero-order valence-corrected chi connectivity index (χ0v) is 23.5. The molecule has 1 amide bonds. The highest BCUT2D eigenvalue weighted by molar-refractivity contribution is 9.10. The van der Waals surface area contributed by atoms with Gasteiger partial charge >= 0.3 is 30.1 Å². The Labute approximate surface area is 255 Å².